The molecule has 0 aliphatic carbocycles. The largest absolute Gasteiger partial charge is 0.343 e. The van der Waals surface area contributed by atoms with Crippen LogP contribution in [-0.2, 0) is 6.54 Å². The highest BCUT2D eigenvalue weighted by molar-refractivity contribution is 5.86. The Balaban J connectivity index is 0.000000960. The second-order valence-electron chi connectivity index (χ2n) is 6.80. The number of nitrogens with zero attached hydrogens (tertiary/aromatic N) is 2. The van der Waals surface area contributed by atoms with Crippen molar-refractivity contribution in [2.24, 2.45) is 0 Å². The molecule has 23 heavy (non-hydrogen) atoms. The zero-order valence-electron chi connectivity index (χ0n) is 14.1. The number of benzene rings is 1. The quantitative estimate of drug-likeness (QED) is 0.836. The third-order valence-electron chi connectivity index (χ3n) is 5.43. The van der Waals surface area contributed by atoms with E-state index in [4.69, 9.17) is 0 Å². The molecule has 5 heteroatoms. The third-order valence-corrected chi connectivity index (χ3v) is 5.43. The van der Waals surface area contributed by atoms with E-state index < -0.39 is 0 Å². The van der Waals surface area contributed by atoms with Crippen molar-refractivity contribution in [3.8, 4) is 0 Å². The molecule has 4 rings (SSSR count). The summed E-state index contributed by atoms with van der Waals surface area (Å²) in [5.41, 5.74) is 4.41. The number of aryl methyl sites for hydroxylation is 2. The van der Waals surface area contributed by atoms with Crippen molar-refractivity contribution >= 4 is 35.7 Å². The monoisotopic (exact) mass is 355 g/mol. The molecular formula is C18H27Cl2N3. The molecule has 0 saturated carbocycles. The highest BCUT2D eigenvalue weighted by Gasteiger charge is 2.39. The van der Waals surface area contributed by atoms with Crippen LogP contribution in [0.3, 0.4) is 0 Å². The summed E-state index contributed by atoms with van der Waals surface area (Å²) in [6.07, 6.45) is 1.25. The molecule has 2 unspecified atom stereocenters. The third kappa shape index (κ3) is 2.78. The number of hydrogen-bond acceptors (Lipinski definition) is 2. The number of aromatic nitrogens is 1. The minimum atomic E-state index is 0. The Morgan fingerprint density at radius 2 is 1.87 bits per heavy atom. The molecule has 1 aromatic carbocycles. The summed E-state index contributed by atoms with van der Waals surface area (Å²) in [4.78, 5) is 2.70. The number of nitrogens with one attached hydrogen (secondary N) is 1. The minimum absolute atomic E-state index is 0. The van der Waals surface area contributed by atoms with Crippen molar-refractivity contribution in [1.82, 2.24) is 14.8 Å². The maximum Gasteiger partial charge on any atom is 0.0637 e. The highest BCUT2D eigenvalue weighted by Crippen LogP contribution is 2.39. The summed E-state index contributed by atoms with van der Waals surface area (Å²) in [5, 5.41) is 5.23. The van der Waals surface area contributed by atoms with Crippen LogP contribution in [0.2, 0.25) is 0 Å². The predicted octanol–water partition coefficient (Wildman–Crippen LogP) is 3.92. The van der Waals surface area contributed by atoms with Crippen LogP contribution >= 0.6 is 24.8 Å². The molecule has 2 aliphatic rings. The standard InChI is InChI=1S/C18H25N3.2ClH/c1-12(2)20-11-9-19-17-16(20)8-10-21-15-7-5-4-6-14(15)13(3)18(17)21;;/h4-7,12,16-17,19H,8-11H2,1-3H3;2*1H. The van der Waals surface area contributed by atoms with Crippen molar-refractivity contribution in [3.63, 3.8) is 0 Å². The van der Waals surface area contributed by atoms with E-state index in [0.717, 1.165) is 13.1 Å². The van der Waals surface area contributed by atoms with Gasteiger partial charge in [0, 0.05) is 48.3 Å². The fourth-order valence-electron chi connectivity index (χ4n) is 4.49. The Hall–Kier alpha value is -0.740. The van der Waals surface area contributed by atoms with E-state index in [1.54, 1.807) is 0 Å². The van der Waals surface area contributed by atoms with Crippen molar-refractivity contribution < 1.29 is 0 Å². The molecular weight excluding hydrogens is 329 g/mol. The number of para-hydroxylation sites is 1. The van der Waals surface area contributed by atoms with Gasteiger partial charge in [-0.15, -0.1) is 24.8 Å². The van der Waals surface area contributed by atoms with Gasteiger partial charge in [-0.05, 0) is 38.8 Å². The fourth-order valence-corrected chi connectivity index (χ4v) is 4.49. The SMILES string of the molecule is Cc1c2n(c3ccccc13)CCC1C2NCCN1C(C)C.Cl.Cl. The summed E-state index contributed by atoms with van der Waals surface area (Å²) in [5.74, 6) is 0. The molecule has 128 valence electrons. The second kappa shape index (κ2) is 7.02. The first-order valence-corrected chi connectivity index (χ1v) is 8.25. The van der Waals surface area contributed by atoms with Crippen LogP contribution in [0.15, 0.2) is 24.3 Å². The van der Waals surface area contributed by atoms with Crippen LogP contribution in [0.4, 0.5) is 0 Å². The molecule has 0 spiro atoms. The van der Waals surface area contributed by atoms with E-state index in [-0.39, 0.29) is 24.8 Å². The van der Waals surface area contributed by atoms with Crippen LogP contribution in [-0.4, -0.2) is 34.6 Å². The Morgan fingerprint density at radius 1 is 1.13 bits per heavy atom. The molecule has 0 radical (unpaired) electrons. The fraction of sp³-hybridized carbons (Fsp3) is 0.556. The average molecular weight is 356 g/mol. The number of halogens is 2. The van der Waals surface area contributed by atoms with Gasteiger partial charge >= 0.3 is 0 Å². The summed E-state index contributed by atoms with van der Waals surface area (Å²) >= 11 is 0. The van der Waals surface area contributed by atoms with Crippen molar-refractivity contribution in [2.45, 2.75) is 51.9 Å². The lowest BCUT2D eigenvalue weighted by Crippen LogP contribution is -2.57. The molecule has 3 nitrogen and oxygen atoms in total. The normalized spacial score (nSPS) is 23.8. The zero-order valence-corrected chi connectivity index (χ0v) is 15.7. The van der Waals surface area contributed by atoms with E-state index in [1.807, 2.05) is 0 Å². The van der Waals surface area contributed by atoms with Gasteiger partial charge in [0.05, 0.1) is 6.04 Å². The van der Waals surface area contributed by atoms with E-state index in [2.05, 4.69) is 59.8 Å². The van der Waals surface area contributed by atoms with Gasteiger partial charge in [-0.1, -0.05) is 18.2 Å². The van der Waals surface area contributed by atoms with Crippen LogP contribution in [0.1, 0.15) is 37.6 Å². The summed E-state index contributed by atoms with van der Waals surface area (Å²) in [6.45, 7) is 10.4. The van der Waals surface area contributed by atoms with Crippen molar-refractivity contribution in [1.29, 1.82) is 0 Å². The lowest BCUT2D eigenvalue weighted by molar-refractivity contribution is 0.0650. The van der Waals surface area contributed by atoms with Gasteiger partial charge in [0.25, 0.3) is 0 Å². The topological polar surface area (TPSA) is 20.2 Å². The van der Waals surface area contributed by atoms with Crippen LogP contribution in [0, 0.1) is 6.92 Å². The number of fused-ring (bicyclic) bond motifs is 5. The van der Waals surface area contributed by atoms with Gasteiger partial charge in [-0.3, -0.25) is 4.90 Å². The van der Waals surface area contributed by atoms with Crippen molar-refractivity contribution in [2.75, 3.05) is 13.1 Å². The summed E-state index contributed by atoms with van der Waals surface area (Å²) < 4.78 is 2.56. The Morgan fingerprint density at radius 3 is 2.61 bits per heavy atom. The average Bonchev–Trinajstić information content (AvgIpc) is 2.80. The molecule has 0 amide bonds. The first-order chi connectivity index (χ1) is 10.2. The van der Waals surface area contributed by atoms with E-state index >= 15 is 0 Å². The predicted molar refractivity (Wildman–Crippen MR) is 102 cm³/mol. The van der Waals surface area contributed by atoms with Gasteiger partial charge in [-0.25, -0.2) is 0 Å². The zero-order chi connectivity index (χ0) is 14.6. The highest BCUT2D eigenvalue weighted by atomic mass is 35.5. The minimum Gasteiger partial charge on any atom is -0.343 e. The Bertz CT molecular complexity index is 680. The van der Waals surface area contributed by atoms with E-state index in [9.17, 15) is 0 Å². The van der Waals surface area contributed by atoms with Gasteiger partial charge in [0.2, 0.25) is 0 Å². The van der Waals surface area contributed by atoms with Gasteiger partial charge in [0.15, 0.2) is 0 Å². The maximum atomic E-state index is 3.80. The summed E-state index contributed by atoms with van der Waals surface area (Å²) in [6, 6.07) is 10.6. The van der Waals surface area contributed by atoms with Crippen LogP contribution in [0.25, 0.3) is 10.9 Å². The molecule has 3 heterocycles. The maximum absolute atomic E-state index is 3.80. The lowest BCUT2D eigenvalue weighted by Gasteiger charge is -2.47. The number of piperazine rings is 1. The van der Waals surface area contributed by atoms with Gasteiger partial charge < -0.3 is 9.88 Å². The molecule has 2 aliphatic heterocycles. The van der Waals surface area contributed by atoms with Crippen molar-refractivity contribution in [3.05, 3.63) is 35.5 Å². The van der Waals surface area contributed by atoms with Gasteiger partial charge in [0.1, 0.15) is 0 Å². The molecule has 1 aromatic heterocycles. The number of hydrogen-bond donors (Lipinski definition) is 1. The Kier molecular flexibility index (Phi) is 5.68. The summed E-state index contributed by atoms with van der Waals surface area (Å²) in [7, 11) is 0. The molecule has 2 aromatic rings. The molecule has 1 N–H and O–H groups in total. The first kappa shape index (κ1) is 18.6. The van der Waals surface area contributed by atoms with Crippen LogP contribution in [0.5, 0.6) is 0 Å². The second-order valence-corrected chi connectivity index (χ2v) is 6.80. The lowest BCUT2D eigenvalue weighted by atomic mass is 9.91. The van der Waals surface area contributed by atoms with E-state index in [1.165, 1.54) is 35.1 Å². The van der Waals surface area contributed by atoms with Gasteiger partial charge in [-0.2, -0.15) is 0 Å². The van der Waals surface area contributed by atoms with Crippen LogP contribution < -0.4 is 5.32 Å². The first-order valence-electron chi connectivity index (χ1n) is 8.25. The Labute approximate surface area is 151 Å². The smallest absolute Gasteiger partial charge is 0.0637 e. The van der Waals surface area contributed by atoms with E-state index in [0.29, 0.717) is 18.1 Å². The molecule has 1 saturated heterocycles. The molecule has 0 bridgehead atoms. The number of rotatable bonds is 1. The molecule has 1 fully saturated rings. The molecule has 2 atom stereocenters.